The maximum atomic E-state index is 3.66. The van der Waals surface area contributed by atoms with Crippen molar-refractivity contribution in [3.63, 3.8) is 0 Å². The predicted molar refractivity (Wildman–Crippen MR) is 84.5 cm³/mol. The molecule has 0 aliphatic heterocycles. The van der Waals surface area contributed by atoms with Crippen LogP contribution in [-0.4, -0.2) is 18.6 Å². The average molecular weight is 265 g/mol. The maximum absolute atomic E-state index is 3.66. The van der Waals surface area contributed by atoms with Crippen LogP contribution in [-0.2, 0) is 6.42 Å². The molecule has 0 saturated heterocycles. The van der Waals surface area contributed by atoms with Crippen molar-refractivity contribution in [2.45, 2.75) is 45.6 Å². The molecule has 0 fully saturated rings. The number of aryl methyl sites for hydroxylation is 1. The van der Waals surface area contributed by atoms with Crippen molar-refractivity contribution in [2.24, 2.45) is 0 Å². The van der Waals surface area contributed by atoms with Gasteiger partial charge in [-0.15, -0.1) is 0 Å². The highest BCUT2D eigenvalue weighted by Gasteiger charge is 2.09. The predicted octanol–water partition coefficient (Wildman–Crippen LogP) is 4.43. The van der Waals surface area contributed by atoms with E-state index in [2.05, 4.69) is 49.7 Å². The molecule has 0 amide bonds. The summed E-state index contributed by atoms with van der Waals surface area (Å²) in [6.07, 6.45) is 7.01. The lowest BCUT2D eigenvalue weighted by Crippen LogP contribution is -2.22. The van der Waals surface area contributed by atoms with Crippen LogP contribution in [0.3, 0.4) is 0 Å². The summed E-state index contributed by atoms with van der Waals surface area (Å²) in [4.78, 5) is 0. The molecule has 18 heavy (non-hydrogen) atoms. The first-order valence-corrected chi connectivity index (χ1v) is 8.52. The van der Waals surface area contributed by atoms with Crippen LogP contribution in [0.5, 0.6) is 0 Å². The Morgan fingerprint density at radius 1 is 1.11 bits per heavy atom. The minimum atomic E-state index is 0.521. The molecule has 0 radical (unpaired) electrons. The molecule has 0 aliphatic rings. The highest BCUT2D eigenvalue weighted by molar-refractivity contribution is 7.98. The molecular formula is C16H27NS. The fourth-order valence-electron chi connectivity index (χ4n) is 2.15. The standard InChI is InChI=1S/C16H27NS/c1-4-6-14-7-9-15(10-8-14)16(11-13-18-3)17-12-5-2/h7-10,16-17H,4-6,11-13H2,1-3H3. The van der Waals surface area contributed by atoms with Crippen molar-refractivity contribution in [3.05, 3.63) is 35.4 Å². The van der Waals surface area contributed by atoms with Gasteiger partial charge < -0.3 is 5.32 Å². The molecule has 1 aromatic rings. The zero-order chi connectivity index (χ0) is 13.2. The van der Waals surface area contributed by atoms with Crippen molar-refractivity contribution >= 4 is 11.8 Å². The summed E-state index contributed by atoms with van der Waals surface area (Å²) in [6.45, 7) is 5.57. The van der Waals surface area contributed by atoms with Gasteiger partial charge in [0, 0.05) is 6.04 Å². The monoisotopic (exact) mass is 265 g/mol. The zero-order valence-corrected chi connectivity index (χ0v) is 12.9. The minimum absolute atomic E-state index is 0.521. The summed E-state index contributed by atoms with van der Waals surface area (Å²) in [5.41, 5.74) is 2.90. The van der Waals surface area contributed by atoms with Gasteiger partial charge in [-0.3, -0.25) is 0 Å². The number of hydrogen-bond acceptors (Lipinski definition) is 2. The van der Waals surface area contributed by atoms with Gasteiger partial charge in [0.05, 0.1) is 0 Å². The normalized spacial score (nSPS) is 12.6. The Hall–Kier alpha value is -0.470. The topological polar surface area (TPSA) is 12.0 Å². The molecule has 0 bridgehead atoms. The summed E-state index contributed by atoms with van der Waals surface area (Å²) in [7, 11) is 0. The van der Waals surface area contributed by atoms with Crippen LogP contribution in [0, 0.1) is 0 Å². The van der Waals surface area contributed by atoms with E-state index in [9.17, 15) is 0 Å². The highest BCUT2D eigenvalue weighted by atomic mass is 32.2. The van der Waals surface area contributed by atoms with E-state index in [1.807, 2.05) is 11.8 Å². The van der Waals surface area contributed by atoms with Gasteiger partial charge in [-0.05, 0) is 48.9 Å². The number of hydrogen-bond donors (Lipinski definition) is 1. The molecule has 0 spiro atoms. The second kappa shape index (κ2) is 9.46. The van der Waals surface area contributed by atoms with E-state index < -0.39 is 0 Å². The van der Waals surface area contributed by atoms with Crippen LogP contribution in [0.2, 0.25) is 0 Å². The number of thioether (sulfide) groups is 1. The third-order valence-electron chi connectivity index (χ3n) is 3.17. The van der Waals surface area contributed by atoms with Crippen molar-refractivity contribution in [3.8, 4) is 0 Å². The Labute approximate surface area is 117 Å². The lowest BCUT2D eigenvalue weighted by molar-refractivity contribution is 0.521. The Balaban J connectivity index is 2.64. The van der Waals surface area contributed by atoms with Crippen LogP contribution < -0.4 is 5.32 Å². The van der Waals surface area contributed by atoms with E-state index in [-0.39, 0.29) is 0 Å². The number of nitrogens with one attached hydrogen (secondary N) is 1. The molecule has 1 atom stereocenters. The quantitative estimate of drug-likeness (QED) is 0.709. The van der Waals surface area contributed by atoms with Gasteiger partial charge >= 0.3 is 0 Å². The molecule has 2 heteroatoms. The van der Waals surface area contributed by atoms with Gasteiger partial charge in [-0.2, -0.15) is 11.8 Å². The number of benzene rings is 1. The van der Waals surface area contributed by atoms with E-state index in [4.69, 9.17) is 0 Å². The van der Waals surface area contributed by atoms with Gasteiger partial charge in [-0.25, -0.2) is 0 Å². The first-order valence-electron chi connectivity index (χ1n) is 7.13. The molecular weight excluding hydrogens is 238 g/mol. The van der Waals surface area contributed by atoms with Gasteiger partial charge in [-0.1, -0.05) is 44.5 Å². The van der Waals surface area contributed by atoms with Crippen molar-refractivity contribution in [1.82, 2.24) is 5.32 Å². The van der Waals surface area contributed by atoms with Gasteiger partial charge in [0.1, 0.15) is 0 Å². The third kappa shape index (κ3) is 5.45. The Bertz CT molecular complexity index is 299. The highest BCUT2D eigenvalue weighted by Crippen LogP contribution is 2.19. The van der Waals surface area contributed by atoms with Crippen LogP contribution in [0.1, 0.15) is 50.3 Å². The lowest BCUT2D eigenvalue weighted by atomic mass is 10.0. The Morgan fingerprint density at radius 3 is 2.39 bits per heavy atom. The lowest BCUT2D eigenvalue weighted by Gasteiger charge is -2.19. The molecule has 0 aromatic heterocycles. The van der Waals surface area contributed by atoms with E-state index in [1.165, 1.54) is 42.6 Å². The second-order valence-electron chi connectivity index (χ2n) is 4.78. The SMILES string of the molecule is CCCNC(CCSC)c1ccc(CCC)cc1. The fraction of sp³-hybridized carbons (Fsp3) is 0.625. The first kappa shape index (κ1) is 15.6. The van der Waals surface area contributed by atoms with Crippen molar-refractivity contribution < 1.29 is 0 Å². The molecule has 1 aromatic carbocycles. The van der Waals surface area contributed by atoms with Gasteiger partial charge in [0.2, 0.25) is 0 Å². The zero-order valence-electron chi connectivity index (χ0n) is 12.0. The summed E-state index contributed by atoms with van der Waals surface area (Å²) in [6, 6.07) is 9.71. The summed E-state index contributed by atoms with van der Waals surface area (Å²) < 4.78 is 0. The largest absolute Gasteiger partial charge is 0.310 e. The molecule has 0 heterocycles. The Kier molecular flexibility index (Phi) is 8.19. The molecule has 0 aliphatic carbocycles. The summed E-state index contributed by atoms with van der Waals surface area (Å²) >= 11 is 1.93. The first-order chi connectivity index (χ1) is 8.81. The summed E-state index contributed by atoms with van der Waals surface area (Å²) in [5, 5.41) is 3.66. The molecule has 1 unspecified atom stereocenters. The van der Waals surface area contributed by atoms with Crippen LogP contribution >= 0.6 is 11.8 Å². The molecule has 102 valence electrons. The van der Waals surface area contributed by atoms with E-state index >= 15 is 0 Å². The second-order valence-corrected chi connectivity index (χ2v) is 5.77. The van der Waals surface area contributed by atoms with Crippen molar-refractivity contribution in [2.75, 3.05) is 18.6 Å². The average Bonchev–Trinajstić information content (AvgIpc) is 2.41. The fourth-order valence-corrected chi connectivity index (χ4v) is 2.62. The van der Waals surface area contributed by atoms with Crippen molar-refractivity contribution in [1.29, 1.82) is 0 Å². The van der Waals surface area contributed by atoms with Gasteiger partial charge in [0.25, 0.3) is 0 Å². The van der Waals surface area contributed by atoms with E-state index in [0.29, 0.717) is 6.04 Å². The molecule has 1 nitrogen and oxygen atoms in total. The molecule has 1 rings (SSSR count). The van der Waals surface area contributed by atoms with Gasteiger partial charge in [0.15, 0.2) is 0 Å². The smallest absolute Gasteiger partial charge is 0.0328 e. The van der Waals surface area contributed by atoms with Crippen LogP contribution in [0.4, 0.5) is 0 Å². The maximum Gasteiger partial charge on any atom is 0.0328 e. The number of rotatable bonds is 9. The minimum Gasteiger partial charge on any atom is -0.310 e. The molecule has 0 saturated carbocycles. The van der Waals surface area contributed by atoms with Crippen LogP contribution in [0.25, 0.3) is 0 Å². The summed E-state index contributed by atoms with van der Waals surface area (Å²) in [5.74, 6) is 1.22. The van der Waals surface area contributed by atoms with E-state index in [0.717, 1.165) is 6.54 Å². The van der Waals surface area contributed by atoms with E-state index in [1.54, 1.807) is 0 Å². The Morgan fingerprint density at radius 2 is 1.83 bits per heavy atom. The molecule has 1 N–H and O–H groups in total. The third-order valence-corrected chi connectivity index (χ3v) is 3.82. The van der Waals surface area contributed by atoms with Crippen LogP contribution in [0.15, 0.2) is 24.3 Å².